The van der Waals surface area contributed by atoms with Crippen LogP contribution < -0.4 is 10.9 Å². The van der Waals surface area contributed by atoms with Gasteiger partial charge in [-0.2, -0.15) is 0 Å². The predicted molar refractivity (Wildman–Crippen MR) is 77.3 cm³/mol. The first-order valence-electron chi connectivity index (χ1n) is 7.03. The van der Waals surface area contributed by atoms with Crippen LogP contribution in [-0.2, 0) is 13.0 Å². The zero-order chi connectivity index (χ0) is 13.9. The average molecular weight is 270 g/mol. The Labute approximate surface area is 117 Å². The van der Waals surface area contributed by atoms with E-state index in [0.29, 0.717) is 18.4 Å². The Morgan fingerprint density at radius 2 is 2.30 bits per heavy atom. The number of pyridine rings is 1. The summed E-state index contributed by atoms with van der Waals surface area (Å²) in [5.41, 5.74) is 2.71. The van der Waals surface area contributed by atoms with Gasteiger partial charge in [-0.1, -0.05) is 6.92 Å². The van der Waals surface area contributed by atoms with Gasteiger partial charge in [-0.05, 0) is 30.9 Å². The van der Waals surface area contributed by atoms with Crippen molar-refractivity contribution in [2.24, 2.45) is 0 Å². The molecule has 0 atom stereocenters. The van der Waals surface area contributed by atoms with Crippen molar-refractivity contribution < 1.29 is 0 Å². The number of rotatable bonds is 5. The maximum Gasteiger partial charge on any atom is 0.251 e. The van der Waals surface area contributed by atoms with Gasteiger partial charge in [-0.3, -0.25) is 9.78 Å². The van der Waals surface area contributed by atoms with Gasteiger partial charge in [0.05, 0.1) is 5.69 Å². The summed E-state index contributed by atoms with van der Waals surface area (Å²) in [6.07, 6.45) is 6.85. The molecule has 2 heterocycles. The van der Waals surface area contributed by atoms with Gasteiger partial charge in [0.1, 0.15) is 5.82 Å². The summed E-state index contributed by atoms with van der Waals surface area (Å²) in [5.74, 6) is 0.629. The second-order valence-electron chi connectivity index (χ2n) is 5.13. The molecule has 104 valence electrons. The molecule has 3 rings (SSSR count). The molecule has 0 saturated heterocycles. The van der Waals surface area contributed by atoms with Crippen LogP contribution >= 0.6 is 0 Å². The molecule has 0 radical (unpaired) electrons. The van der Waals surface area contributed by atoms with E-state index < -0.39 is 0 Å². The molecule has 2 aromatic heterocycles. The van der Waals surface area contributed by atoms with E-state index in [0.717, 1.165) is 23.2 Å². The summed E-state index contributed by atoms with van der Waals surface area (Å²) in [5, 5.41) is 3.38. The Kier molecular flexibility index (Phi) is 3.60. The highest BCUT2D eigenvalue weighted by Crippen LogP contribution is 2.20. The third kappa shape index (κ3) is 2.93. The van der Waals surface area contributed by atoms with Gasteiger partial charge < -0.3 is 10.3 Å². The van der Waals surface area contributed by atoms with Crippen molar-refractivity contribution in [1.82, 2.24) is 20.3 Å². The third-order valence-electron chi connectivity index (χ3n) is 3.48. The molecule has 20 heavy (non-hydrogen) atoms. The van der Waals surface area contributed by atoms with Crippen molar-refractivity contribution in [2.45, 2.75) is 38.8 Å². The number of aromatic nitrogens is 3. The molecule has 0 aliphatic heterocycles. The molecule has 5 heteroatoms. The van der Waals surface area contributed by atoms with Crippen molar-refractivity contribution in [3.63, 3.8) is 0 Å². The van der Waals surface area contributed by atoms with Crippen LogP contribution in [0.3, 0.4) is 0 Å². The quantitative estimate of drug-likeness (QED) is 0.866. The lowest BCUT2D eigenvalue weighted by atomic mass is 10.1. The Hall–Kier alpha value is -2.01. The molecule has 0 bridgehead atoms. The number of aromatic amines is 1. The van der Waals surface area contributed by atoms with Gasteiger partial charge in [0.25, 0.3) is 5.56 Å². The van der Waals surface area contributed by atoms with E-state index in [-0.39, 0.29) is 5.56 Å². The minimum atomic E-state index is -0.110. The van der Waals surface area contributed by atoms with Crippen LogP contribution in [0.2, 0.25) is 0 Å². The first kappa shape index (κ1) is 13.0. The normalized spacial score (nSPS) is 14.4. The SMILES string of the molecule is CCc1cnccc1-c1nc(CNC2CC2)cc(=O)[nH]1. The van der Waals surface area contributed by atoms with E-state index in [9.17, 15) is 4.79 Å². The van der Waals surface area contributed by atoms with Gasteiger partial charge >= 0.3 is 0 Å². The van der Waals surface area contributed by atoms with E-state index in [1.165, 1.54) is 12.8 Å². The molecule has 1 fully saturated rings. The lowest BCUT2D eigenvalue weighted by Crippen LogP contribution is -2.19. The number of nitrogens with one attached hydrogen (secondary N) is 2. The van der Waals surface area contributed by atoms with Crippen LogP contribution in [-0.4, -0.2) is 21.0 Å². The van der Waals surface area contributed by atoms with E-state index in [2.05, 4.69) is 27.2 Å². The topological polar surface area (TPSA) is 70.7 Å². The summed E-state index contributed by atoms with van der Waals surface area (Å²) >= 11 is 0. The standard InChI is InChI=1S/C15H18N4O/c1-2-10-8-16-6-5-13(10)15-18-12(7-14(20)19-15)9-17-11-3-4-11/h5-8,11,17H,2-4,9H2,1H3,(H,18,19,20). The van der Waals surface area contributed by atoms with Gasteiger partial charge in [0.2, 0.25) is 0 Å². The second kappa shape index (κ2) is 5.54. The molecule has 0 unspecified atom stereocenters. The van der Waals surface area contributed by atoms with E-state index >= 15 is 0 Å². The molecule has 1 aliphatic rings. The fourth-order valence-corrected chi connectivity index (χ4v) is 2.20. The van der Waals surface area contributed by atoms with Crippen molar-refractivity contribution in [3.8, 4) is 11.4 Å². The second-order valence-corrected chi connectivity index (χ2v) is 5.13. The van der Waals surface area contributed by atoms with Crippen molar-refractivity contribution in [2.75, 3.05) is 0 Å². The molecule has 0 spiro atoms. The summed E-state index contributed by atoms with van der Waals surface area (Å²) in [4.78, 5) is 23.3. The van der Waals surface area contributed by atoms with Crippen LogP contribution in [0, 0.1) is 0 Å². The Morgan fingerprint density at radius 1 is 1.45 bits per heavy atom. The Morgan fingerprint density at radius 3 is 3.05 bits per heavy atom. The Bertz CT molecular complexity index is 661. The fourth-order valence-electron chi connectivity index (χ4n) is 2.20. The van der Waals surface area contributed by atoms with Gasteiger partial charge in [-0.15, -0.1) is 0 Å². The highest BCUT2D eigenvalue weighted by Gasteiger charge is 2.20. The molecule has 2 N–H and O–H groups in total. The highest BCUT2D eigenvalue weighted by atomic mass is 16.1. The zero-order valence-corrected chi connectivity index (χ0v) is 11.5. The fraction of sp³-hybridized carbons (Fsp3) is 0.400. The molecule has 1 aliphatic carbocycles. The molecule has 0 amide bonds. The predicted octanol–water partition coefficient (Wildman–Crippen LogP) is 1.65. The summed E-state index contributed by atoms with van der Waals surface area (Å²) in [6, 6.07) is 4.06. The molecule has 0 aromatic carbocycles. The van der Waals surface area contributed by atoms with Crippen LogP contribution in [0.1, 0.15) is 31.0 Å². The largest absolute Gasteiger partial charge is 0.308 e. The third-order valence-corrected chi connectivity index (χ3v) is 3.48. The highest BCUT2D eigenvalue weighted by molar-refractivity contribution is 5.59. The lowest BCUT2D eigenvalue weighted by Gasteiger charge is -2.08. The number of hydrogen-bond acceptors (Lipinski definition) is 4. The number of hydrogen-bond donors (Lipinski definition) is 2. The van der Waals surface area contributed by atoms with Crippen molar-refractivity contribution in [3.05, 3.63) is 46.1 Å². The molecule has 5 nitrogen and oxygen atoms in total. The van der Waals surface area contributed by atoms with E-state index in [1.807, 2.05) is 12.3 Å². The number of aryl methyl sites for hydroxylation is 1. The number of nitrogens with zero attached hydrogens (tertiary/aromatic N) is 2. The average Bonchev–Trinajstić information content (AvgIpc) is 3.29. The van der Waals surface area contributed by atoms with E-state index in [1.54, 1.807) is 12.3 Å². The summed E-state index contributed by atoms with van der Waals surface area (Å²) in [7, 11) is 0. The lowest BCUT2D eigenvalue weighted by molar-refractivity contribution is 0.672. The minimum Gasteiger partial charge on any atom is -0.308 e. The summed E-state index contributed by atoms with van der Waals surface area (Å²) in [6.45, 7) is 2.71. The summed E-state index contributed by atoms with van der Waals surface area (Å²) < 4.78 is 0. The van der Waals surface area contributed by atoms with E-state index in [4.69, 9.17) is 0 Å². The monoisotopic (exact) mass is 270 g/mol. The molecule has 1 saturated carbocycles. The van der Waals surface area contributed by atoms with Crippen molar-refractivity contribution in [1.29, 1.82) is 0 Å². The van der Waals surface area contributed by atoms with Gasteiger partial charge in [0, 0.05) is 36.6 Å². The number of H-pyrrole nitrogens is 1. The van der Waals surface area contributed by atoms with Crippen LogP contribution in [0.15, 0.2) is 29.3 Å². The van der Waals surface area contributed by atoms with Crippen LogP contribution in [0.4, 0.5) is 0 Å². The maximum atomic E-state index is 11.8. The minimum absolute atomic E-state index is 0.110. The van der Waals surface area contributed by atoms with Crippen molar-refractivity contribution >= 4 is 0 Å². The smallest absolute Gasteiger partial charge is 0.251 e. The first-order valence-corrected chi connectivity index (χ1v) is 7.03. The van der Waals surface area contributed by atoms with Crippen LogP contribution in [0.5, 0.6) is 0 Å². The molecular weight excluding hydrogens is 252 g/mol. The maximum absolute atomic E-state index is 11.8. The van der Waals surface area contributed by atoms with Gasteiger partial charge in [-0.25, -0.2) is 4.98 Å². The van der Waals surface area contributed by atoms with Gasteiger partial charge in [0.15, 0.2) is 0 Å². The Balaban J connectivity index is 1.93. The van der Waals surface area contributed by atoms with Crippen LogP contribution in [0.25, 0.3) is 11.4 Å². The molecule has 2 aromatic rings. The molecular formula is C15H18N4O. The first-order chi connectivity index (χ1) is 9.76. The zero-order valence-electron chi connectivity index (χ0n) is 11.5.